The number of carboxylic acid groups (broad SMARTS) is 1. The van der Waals surface area contributed by atoms with Gasteiger partial charge in [-0.3, -0.25) is 9.69 Å². The van der Waals surface area contributed by atoms with E-state index in [1.165, 1.54) is 12.1 Å². The van der Waals surface area contributed by atoms with Crippen LogP contribution in [0.15, 0.2) is 30.3 Å². The van der Waals surface area contributed by atoms with Gasteiger partial charge < -0.3 is 24.6 Å². The maximum atomic E-state index is 14.1. The van der Waals surface area contributed by atoms with Gasteiger partial charge in [0, 0.05) is 25.4 Å². The van der Waals surface area contributed by atoms with Gasteiger partial charge in [0.15, 0.2) is 11.6 Å². The number of aliphatic carboxylic acids is 1. The van der Waals surface area contributed by atoms with Crippen LogP contribution in [0.3, 0.4) is 0 Å². The molecule has 0 saturated carbocycles. The van der Waals surface area contributed by atoms with Crippen LogP contribution in [0.1, 0.15) is 56.0 Å². The highest BCUT2D eigenvalue weighted by molar-refractivity contribution is 5.76. The van der Waals surface area contributed by atoms with Crippen molar-refractivity contribution in [3.05, 3.63) is 53.0 Å². The molecule has 2 aromatic rings. The third-order valence-electron chi connectivity index (χ3n) is 6.50. The topological polar surface area (TPSA) is 93.2 Å². The summed E-state index contributed by atoms with van der Waals surface area (Å²) >= 11 is 0. The lowest BCUT2D eigenvalue weighted by Gasteiger charge is -2.26. The number of rotatable bonds is 12. The lowest BCUT2D eigenvalue weighted by molar-refractivity contribution is -0.143. The fraction of sp³-hybridized carbons (Fsp3) is 0.556. The molecule has 0 unspecified atom stereocenters. The van der Waals surface area contributed by atoms with Crippen LogP contribution in [0.25, 0.3) is 0 Å². The third kappa shape index (κ3) is 6.93. The molecule has 0 aliphatic carbocycles. The zero-order valence-corrected chi connectivity index (χ0v) is 21.0. The number of halogens is 1. The second-order valence-electron chi connectivity index (χ2n) is 9.60. The van der Waals surface area contributed by atoms with Gasteiger partial charge in [0.05, 0.1) is 25.4 Å². The molecule has 0 spiro atoms. The van der Waals surface area contributed by atoms with Gasteiger partial charge in [-0.25, -0.2) is 9.37 Å². The van der Waals surface area contributed by atoms with Gasteiger partial charge >= 0.3 is 5.97 Å². The quantitative estimate of drug-likeness (QED) is 0.418. The second kappa shape index (κ2) is 12.5. The Labute approximate surface area is 211 Å². The number of hydrogen-bond donors (Lipinski definition) is 2. The van der Waals surface area contributed by atoms with Crippen molar-refractivity contribution in [2.45, 2.75) is 64.4 Å². The van der Waals surface area contributed by atoms with Crippen LogP contribution in [-0.2, 0) is 27.3 Å². The molecule has 0 radical (unpaired) electrons. The summed E-state index contributed by atoms with van der Waals surface area (Å²) in [6.45, 7) is 7.18. The fourth-order valence-electron chi connectivity index (χ4n) is 4.68. The maximum Gasteiger partial charge on any atom is 0.325 e. The van der Waals surface area contributed by atoms with E-state index in [1.54, 1.807) is 6.07 Å². The average Bonchev–Trinajstić information content (AvgIpc) is 3.31. The van der Waals surface area contributed by atoms with Crippen LogP contribution in [0, 0.1) is 5.82 Å². The minimum absolute atomic E-state index is 0.00976. The van der Waals surface area contributed by atoms with E-state index in [2.05, 4.69) is 10.3 Å². The Hall–Kier alpha value is -2.75. The van der Waals surface area contributed by atoms with Gasteiger partial charge in [-0.05, 0) is 74.9 Å². The van der Waals surface area contributed by atoms with E-state index < -0.39 is 17.8 Å². The summed E-state index contributed by atoms with van der Waals surface area (Å²) in [6, 6.07) is 7.32. The number of likely N-dealkylation sites (tertiary alicyclic amines) is 1. The number of ether oxygens (including phenoxy) is 3. The van der Waals surface area contributed by atoms with Crippen LogP contribution >= 0.6 is 0 Å². The van der Waals surface area contributed by atoms with Gasteiger partial charge in [0.25, 0.3) is 0 Å². The Balaban J connectivity index is 1.27. The summed E-state index contributed by atoms with van der Waals surface area (Å²) in [4.78, 5) is 18.7. The van der Waals surface area contributed by atoms with Crippen molar-refractivity contribution < 1.29 is 28.5 Å². The van der Waals surface area contributed by atoms with E-state index in [-0.39, 0.29) is 18.8 Å². The normalized spacial score (nSPS) is 18.5. The van der Waals surface area contributed by atoms with Crippen molar-refractivity contribution in [3.63, 3.8) is 0 Å². The van der Waals surface area contributed by atoms with E-state index in [0.717, 1.165) is 49.5 Å². The van der Waals surface area contributed by atoms with Crippen LogP contribution < -0.4 is 10.1 Å². The van der Waals surface area contributed by atoms with E-state index in [0.29, 0.717) is 37.4 Å². The number of pyridine rings is 1. The van der Waals surface area contributed by atoms with E-state index in [1.807, 2.05) is 30.9 Å². The smallest absolute Gasteiger partial charge is 0.325 e. The molecule has 1 aromatic carbocycles. The van der Waals surface area contributed by atoms with Crippen LogP contribution in [0.2, 0.25) is 0 Å². The molecule has 8 nitrogen and oxygen atoms in total. The number of fused-ring (bicyclic) bond motifs is 1. The summed E-state index contributed by atoms with van der Waals surface area (Å²) in [5, 5.41) is 13.3. The first-order valence-corrected chi connectivity index (χ1v) is 12.8. The average molecular weight is 502 g/mol. The molecular weight excluding hydrogens is 465 g/mol. The number of nitrogens with zero attached hydrogens (tertiary/aromatic N) is 2. The van der Waals surface area contributed by atoms with Crippen LogP contribution in [0.4, 0.5) is 10.2 Å². The summed E-state index contributed by atoms with van der Waals surface area (Å²) in [5.74, 6) is 0.167. The largest absolute Gasteiger partial charge is 0.488 e. The number of carbonyl (C=O) groups is 1. The summed E-state index contributed by atoms with van der Waals surface area (Å²) in [6.07, 6.45) is 3.39. The molecule has 4 rings (SSSR count). The van der Waals surface area contributed by atoms with Crippen LogP contribution in [0.5, 0.6) is 5.75 Å². The molecule has 36 heavy (non-hydrogen) atoms. The molecule has 1 saturated heterocycles. The molecular formula is C27H36FN3O5. The molecule has 3 heterocycles. The standard InChI is InChI=1S/C27H36FN3O5/c1-18(2)36-17-19-6-7-20(28)15-23(19)25(27(32)33)31-12-10-22(16-31)34-13-4-3-5-21-8-9-24-26(30-21)29-11-14-35-24/h6-9,15,18,22,25H,3-5,10-14,16-17H2,1-2H3,(H,29,30)(H,32,33)/t22-,25-/m1/s1. The Kier molecular flexibility index (Phi) is 9.12. The number of aryl methyl sites for hydroxylation is 1. The van der Waals surface area contributed by atoms with Gasteiger partial charge in [-0.1, -0.05) is 6.07 Å². The minimum atomic E-state index is -0.996. The Morgan fingerprint density at radius 1 is 1.31 bits per heavy atom. The van der Waals surface area contributed by atoms with Crippen molar-refractivity contribution in [1.29, 1.82) is 0 Å². The Morgan fingerprint density at radius 3 is 2.97 bits per heavy atom. The number of aromatic nitrogens is 1. The highest BCUT2D eigenvalue weighted by Gasteiger charge is 2.35. The van der Waals surface area contributed by atoms with Gasteiger partial charge in [0.2, 0.25) is 0 Å². The number of carboxylic acids is 1. The number of anilines is 1. The van der Waals surface area contributed by atoms with Crippen molar-refractivity contribution in [1.82, 2.24) is 9.88 Å². The van der Waals surface area contributed by atoms with Gasteiger partial charge in [-0.2, -0.15) is 0 Å². The molecule has 1 fully saturated rings. The predicted octanol–water partition coefficient (Wildman–Crippen LogP) is 4.19. The number of nitrogens with one attached hydrogen (secondary N) is 1. The highest BCUT2D eigenvalue weighted by atomic mass is 19.1. The molecule has 0 bridgehead atoms. The highest BCUT2D eigenvalue weighted by Crippen LogP contribution is 2.30. The summed E-state index contributed by atoms with van der Waals surface area (Å²) in [5.41, 5.74) is 2.16. The van der Waals surface area contributed by atoms with Gasteiger partial charge in [-0.15, -0.1) is 0 Å². The lowest BCUT2D eigenvalue weighted by atomic mass is 9.99. The van der Waals surface area contributed by atoms with Crippen molar-refractivity contribution in [2.24, 2.45) is 0 Å². The number of hydrogen-bond acceptors (Lipinski definition) is 7. The predicted molar refractivity (Wildman–Crippen MR) is 134 cm³/mol. The number of benzene rings is 1. The summed E-state index contributed by atoms with van der Waals surface area (Å²) < 4.78 is 31.4. The van der Waals surface area contributed by atoms with Crippen molar-refractivity contribution in [3.8, 4) is 5.75 Å². The SMILES string of the molecule is CC(C)OCc1ccc(F)cc1[C@H](C(=O)O)N1CC[C@@H](OCCCCc2ccc3c(n2)NCCO3)C1. The molecule has 2 aliphatic heterocycles. The zero-order chi connectivity index (χ0) is 25.5. The molecule has 2 aliphatic rings. The fourth-order valence-corrected chi connectivity index (χ4v) is 4.68. The second-order valence-corrected chi connectivity index (χ2v) is 9.60. The molecule has 2 atom stereocenters. The van der Waals surface area contributed by atoms with E-state index >= 15 is 0 Å². The van der Waals surface area contributed by atoms with Gasteiger partial charge in [0.1, 0.15) is 18.5 Å². The number of unbranched alkanes of at least 4 members (excludes halogenated alkanes) is 1. The first-order chi connectivity index (χ1) is 17.4. The molecule has 196 valence electrons. The van der Waals surface area contributed by atoms with Crippen molar-refractivity contribution >= 4 is 11.8 Å². The molecule has 1 aromatic heterocycles. The molecule has 9 heteroatoms. The third-order valence-corrected chi connectivity index (χ3v) is 6.50. The first kappa shape index (κ1) is 26.3. The first-order valence-electron chi connectivity index (χ1n) is 12.8. The lowest BCUT2D eigenvalue weighted by Crippen LogP contribution is -2.34. The molecule has 0 amide bonds. The van der Waals surface area contributed by atoms with E-state index in [9.17, 15) is 14.3 Å². The van der Waals surface area contributed by atoms with Crippen LogP contribution in [-0.4, -0.2) is 66.0 Å². The maximum absolute atomic E-state index is 14.1. The minimum Gasteiger partial charge on any atom is -0.488 e. The Bertz CT molecular complexity index is 1030. The Morgan fingerprint density at radius 2 is 2.17 bits per heavy atom. The van der Waals surface area contributed by atoms with E-state index in [4.69, 9.17) is 14.2 Å². The molecule has 2 N–H and O–H groups in total. The summed E-state index contributed by atoms with van der Waals surface area (Å²) in [7, 11) is 0. The zero-order valence-electron chi connectivity index (χ0n) is 21.0. The van der Waals surface area contributed by atoms with Crippen molar-refractivity contribution in [2.75, 3.05) is 38.2 Å². The monoisotopic (exact) mass is 501 g/mol.